The summed E-state index contributed by atoms with van der Waals surface area (Å²) in [5.74, 6) is 0. The number of likely N-dealkylation sites (N-methyl/N-ethyl adjacent to an activating group) is 2. The lowest BCUT2D eigenvalue weighted by Crippen LogP contribution is -2.29. The molecule has 56 valence electrons. The maximum Gasteiger partial charge on any atom is 0.0558 e. The number of nitrogens with one attached hydrogen (secondary N) is 1. The van der Waals surface area contributed by atoms with Crippen LogP contribution in [0.3, 0.4) is 0 Å². The molecule has 0 aliphatic carbocycles. The van der Waals surface area contributed by atoms with Gasteiger partial charge in [-0.25, -0.2) is 0 Å². The number of rotatable bonds is 5. The van der Waals surface area contributed by atoms with Gasteiger partial charge in [0.15, 0.2) is 0 Å². The topological polar surface area (TPSA) is 35.5 Å². The lowest BCUT2D eigenvalue weighted by molar-refractivity contribution is 0.222. The highest BCUT2D eigenvalue weighted by molar-refractivity contribution is 4.50. The average Bonchev–Trinajstić information content (AvgIpc) is 1.85. The van der Waals surface area contributed by atoms with Gasteiger partial charge in [0.1, 0.15) is 0 Å². The molecule has 9 heavy (non-hydrogen) atoms. The fourth-order valence-corrected chi connectivity index (χ4v) is 0.585. The minimum Gasteiger partial charge on any atom is -0.395 e. The van der Waals surface area contributed by atoms with E-state index in [-0.39, 0.29) is 6.61 Å². The third-order valence-electron chi connectivity index (χ3n) is 1.23. The van der Waals surface area contributed by atoms with Crippen LogP contribution < -0.4 is 5.32 Å². The molecule has 0 aromatic heterocycles. The van der Waals surface area contributed by atoms with Crippen molar-refractivity contribution in [2.75, 3.05) is 40.3 Å². The first kappa shape index (κ1) is 8.88. The minimum atomic E-state index is 0.250. The highest BCUT2D eigenvalue weighted by Crippen LogP contribution is 1.76. The highest BCUT2D eigenvalue weighted by atomic mass is 16.3. The van der Waals surface area contributed by atoms with E-state index in [1.54, 1.807) is 0 Å². The van der Waals surface area contributed by atoms with Gasteiger partial charge in [0.25, 0.3) is 0 Å². The van der Waals surface area contributed by atoms with Gasteiger partial charge in [0.2, 0.25) is 0 Å². The molecule has 0 unspecified atom stereocenters. The molecule has 0 amide bonds. The molecule has 0 radical (unpaired) electrons. The Bertz CT molecular complexity index is 59.0. The summed E-state index contributed by atoms with van der Waals surface area (Å²) in [6.45, 7) is 3.00. The maximum atomic E-state index is 8.47. The first-order valence-corrected chi connectivity index (χ1v) is 3.25. The molecule has 2 N–H and O–H groups in total. The molecule has 0 saturated carbocycles. The Kier molecular flexibility index (Phi) is 5.93. The van der Waals surface area contributed by atoms with Crippen molar-refractivity contribution < 1.29 is 5.11 Å². The van der Waals surface area contributed by atoms with Crippen LogP contribution in [0, 0.1) is 0 Å². The zero-order valence-electron chi connectivity index (χ0n) is 6.22. The second-order valence-corrected chi connectivity index (χ2v) is 2.13. The lowest BCUT2D eigenvalue weighted by Gasteiger charge is -2.13. The summed E-state index contributed by atoms with van der Waals surface area (Å²) in [5.41, 5.74) is 0. The molecule has 0 saturated heterocycles. The number of nitrogens with zero attached hydrogens (tertiary/aromatic N) is 1. The molecule has 0 aromatic carbocycles. The van der Waals surface area contributed by atoms with E-state index < -0.39 is 0 Å². The first-order valence-electron chi connectivity index (χ1n) is 3.25. The van der Waals surface area contributed by atoms with Gasteiger partial charge in [0, 0.05) is 19.6 Å². The van der Waals surface area contributed by atoms with Crippen LogP contribution in [0.2, 0.25) is 0 Å². The van der Waals surface area contributed by atoms with Crippen molar-refractivity contribution in [3.8, 4) is 0 Å². The van der Waals surface area contributed by atoms with Gasteiger partial charge in [0.05, 0.1) is 6.61 Å². The fraction of sp³-hybridized carbons (Fsp3) is 1.00. The Hall–Kier alpha value is -0.120. The van der Waals surface area contributed by atoms with Crippen molar-refractivity contribution in [1.82, 2.24) is 10.2 Å². The SMILES string of the molecule is CNCCN(C)CCO. The van der Waals surface area contributed by atoms with Crippen molar-refractivity contribution in [2.24, 2.45) is 0 Å². The number of hydrogen-bond acceptors (Lipinski definition) is 3. The van der Waals surface area contributed by atoms with Gasteiger partial charge in [-0.15, -0.1) is 0 Å². The van der Waals surface area contributed by atoms with Gasteiger partial charge in [-0.05, 0) is 14.1 Å². The monoisotopic (exact) mass is 132 g/mol. The third kappa shape index (κ3) is 5.76. The summed E-state index contributed by atoms with van der Waals surface area (Å²) in [7, 11) is 3.92. The fourth-order valence-electron chi connectivity index (χ4n) is 0.585. The first-order chi connectivity index (χ1) is 4.31. The van der Waals surface area contributed by atoms with Gasteiger partial charge < -0.3 is 15.3 Å². The van der Waals surface area contributed by atoms with Gasteiger partial charge >= 0.3 is 0 Å². The maximum absolute atomic E-state index is 8.47. The molecular formula is C6H16N2O. The normalized spacial score (nSPS) is 10.7. The molecule has 3 nitrogen and oxygen atoms in total. The minimum absolute atomic E-state index is 0.250. The van der Waals surface area contributed by atoms with E-state index in [1.807, 2.05) is 14.1 Å². The van der Waals surface area contributed by atoms with Crippen molar-refractivity contribution in [3.05, 3.63) is 0 Å². The van der Waals surface area contributed by atoms with Crippen LogP contribution >= 0.6 is 0 Å². The van der Waals surface area contributed by atoms with E-state index in [2.05, 4.69) is 10.2 Å². The smallest absolute Gasteiger partial charge is 0.0558 e. The number of aliphatic hydroxyl groups is 1. The van der Waals surface area contributed by atoms with E-state index in [0.29, 0.717) is 0 Å². The Morgan fingerprint density at radius 1 is 1.44 bits per heavy atom. The highest BCUT2D eigenvalue weighted by Gasteiger charge is 1.92. The van der Waals surface area contributed by atoms with Crippen LogP contribution in [-0.4, -0.2) is 50.3 Å². The second-order valence-electron chi connectivity index (χ2n) is 2.13. The predicted molar refractivity (Wildman–Crippen MR) is 38.5 cm³/mol. The zero-order valence-corrected chi connectivity index (χ0v) is 6.22. The third-order valence-corrected chi connectivity index (χ3v) is 1.23. The van der Waals surface area contributed by atoms with Crippen molar-refractivity contribution in [2.45, 2.75) is 0 Å². The van der Waals surface area contributed by atoms with Gasteiger partial charge in [-0.3, -0.25) is 0 Å². The van der Waals surface area contributed by atoms with E-state index >= 15 is 0 Å². The summed E-state index contributed by atoms with van der Waals surface area (Å²) in [4.78, 5) is 2.08. The molecular weight excluding hydrogens is 116 g/mol. The summed E-state index contributed by atoms with van der Waals surface area (Å²) < 4.78 is 0. The van der Waals surface area contributed by atoms with E-state index in [9.17, 15) is 0 Å². The second kappa shape index (κ2) is 6.01. The largest absolute Gasteiger partial charge is 0.395 e. The molecule has 0 bridgehead atoms. The number of aliphatic hydroxyl groups excluding tert-OH is 1. The molecule has 0 fully saturated rings. The van der Waals surface area contributed by atoms with Crippen molar-refractivity contribution >= 4 is 0 Å². The average molecular weight is 132 g/mol. The van der Waals surface area contributed by atoms with Crippen LogP contribution in [0.1, 0.15) is 0 Å². The quantitative estimate of drug-likeness (QED) is 0.510. The zero-order chi connectivity index (χ0) is 7.11. The summed E-state index contributed by atoms with van der Waals surface area (Å²) in [5, 5.41) is 11.5. The molecule has 0 spiro atoms. The van der Waals surface area contributed by atoms with Crippen LogP contribution in [0.4, 0.5) is 0 Å². The standard InChI is InChI=1S/C6H16N2O/c1-7-3-4-8(2)5-6-9/h7,9H,3-6H2,1-2H3. The summed E-state index contributed by atoms with van der Waals surface area (Å²) >= 11 is 0. The molecule has 0 aromatic rings. The van der Waals surface area contributed by atoms with Gasteiger partial charge in [-0.2, -0.15) is 0 Å². The van der Waals surface area contributed by atoms with Crippen molar-refractivity contribution in [3.63, 3.8) is 0 Å². The molecule has 0 aliphatic heterocycles. The van der Waals surface area contributed by atoms with Crippen molar-refractivity contribution in [1.29, 1.82) is 0 Å². The Balaban J connectivity index is 2.95. The Morgan fingerprint density at radius 3 is 2.56 bits per heavy atom. The molecule has 0 rings (SSSR count). The lowest BCUT2D eigenvalue weighted by atomic mass is 10.5. The van der Waals surface area contributed by atoms with Crippen LogP contribution in [0.25, 0.3) is 0 Å². The van der Waals surface area contributed by atoms with Crippen LogP contribution in [-0.2, 0) is 0 Å². The van der Waals surface area contributed by atoms with Gasteiger partial charge in [-0.1, -0.05) is 0 Å². The molecule has 3 heteroatoms. The van der Waals surface area contributed by atoms with E-state index in [4.69, 9.17) is 5.11 Å². The Morgan fingerprint density at radius 2 is 2.11 bits per heavy atom. The molecule has 0 aliphatic rings. The van der Waals surface area contributed by atoms with E-state index in [0.717, 1.165) is 19.6 Å². The van der Waals surface area contributed by atoms with E-state index in [1.165, 1.54) is 0 Å². The summed E-state index contributed by atoms with van der Waals surface area (Å²) in [6, 6.07) is 0. The van der Waals surface area contributed by atoms with Crippen LogP contribution in [0.15, 0.2) is 0 Å². The summed E-state index contributed by atoms with van der Waals surface area (Å²) in [6.07, 6.45) is 0. The Labute approximate surface area is 56.7 Å². The molecule has 0 atom stereocenters. The predicted octanol–water partition coefficient (Wildman–Crippen LogP) is -0.870. The molecule has 0 heterocycles. The number of hydrogen-bond donors (Lipinski definition) is 2. The van der Waals surface area contributed by atoms with Crippen LogP contribution in [0.5, 0.6) is 0 Å².